The number of anilines is 2. The molecule has 6 aromatic rings. The summed E-state index contributed by atoms with van der Waals surface area (Å²) in [6.45, 7) is -0.893. The number of rotatable bonds is 12. The molecule has 2 amide bonds. The molecule has 18 nitrogen and oxygen atoms in total. The Kier molecular flexibility index (Phi) is 15.8. The van der Waals surface area contributed by atoms with Crippen molar-refractivity contribution in [3.05, 3.63) is 132 Å². The summed E-state index contributed by atoms with van der Waals surface area (Å²) in [6.07, 6.45) is -7.84. The summed E-state index contributed by atoms with van der Waals surface area (Å²) in [7, 11) is -5.03. The molecule has 0 N–H and O–H groups in total. The maximum Gasteiger partial charge on any atom is 0.416 e. The Hall–Kier alpha value is -6.98. The minimum atomic E-state index is -4.58. The molecule has 78 heavy (non-hydrogen) atoms. The zero-order chi connectivity index (χ0) is 55.9. The molecule has 6 heterocycles. The number of morpholine rings is 2. The van der Waals surface area contributed by atoms with Crippen LogP contribution in [0.4, 0.5) is 46.5 Å². The quantitative estimate of drug-likeness (QED) is 0.108. The first-order valence-electron chi connectivity index (χ1n) is 23.7. The Morgan fingerprint density at radius 1 is 0.577 bits per heavy atom. The van der Waals surface area contributed by atoms with Crippen LogP contribution in [0.15, 0.2) is 107 Å². The lowest BCUT2D eigenvalue weighted by molar-refractivity contribution is -0.138. The maximum atomic E-state index is 15.7. The van der Waals surface area contributed by atoms with Crippen molar-refractivity contribution < 1.29 is 89.5 Å². The van der Waals surface area contributed by atoms with Crippen LogP contribution < -0.4 is 19.3 Å². The standard InChI is InChI=1S/2C25H23F4N3O6S/c2*1-36-21-11-16(15-3-2-4-17(9-15)25(27,28)29)10-19(26)24(21)32-20-5-7-31(12-22(20)37-13-23(32)33)39(34,35)14-18-6-8-38-30-18/h2*2-4,6,8-11,20,22H,5,7,12-14H2,1H3/t2*20-,22-/m10/s1. The van der Waals surface area contributed by atoms with Gasteiger partial charge < -0.3 is 28.0 Å². The molecule has 4 aliphatic rings. The zero-order valence-electron chi connectivity index (χ0n) is 41.0. The Labute approximate surface area is 440 Å². The van der Waals surface area contributed by atoms with Crippen molar-refractivity contribution in [3.63, 3.8) is 0 Å². The van der Waals surface area contributed by atoms with Crippen LogP contribution in [0.2, 0.25) is 0 Å². The first-order valence-corrected chi connectivity index (χ1v) is 26.9. The van der Waals surface area contributed by atoms with E-state index in [2.05, 4.69) is 10.3 Å². The highest BCUT2D eigenvalue weighted by Gasteiger charge is 2.47. The molecule has 0 aliphatic carbocycles. The van der Waals surface area contributed by atoms with Crippen molar-refractivity contribution >= 4 is 43.2 Å². The van der Waals surface area contributed by atoms with Gasteiger partial charge in [0.1, 0.15) is 60.1 Å². The summed E-state index contributed by atoms with van der Waals surface area (Å²) < 4.78 is 196. The fourth-order valence-electron chi connectivity index (χ4n) is 9.81. The predicted molar refractivity (Wildman–Crippen MR) is 259 cm³/mol. The van der Waals surface area contributed by atoms with Gasteiger partial charge in [0.25, 0.3) is 11.8 Å². The van der Waals surface area contributed by atoms with Crippen molar-refractivity contribution in [1.82, 2.24) is 18.9 Å². The average Bonchev–Trinajstić information content (AvgIpc) is 4.18. The van der Waals surface area contributed by atoms with Gasteiger partial charge >= 0.3 is 12.4 Å². The highest BCUT2D eigenvalue weighted by atomic mass is 32.2. The lowest BCUT2D eigenvalue weighted by Gasteiger charge is -2.46. The van der Waals surface area contributed by atoms with Crippen LogP contribution in [-0.2, 0) is 63.0 Å². The molecule has 4 aliphatic heterocycles. The monoisotopic (exact) mass is 1140 g/mol. The number of aromatic nitrogens is 2. The third-order valence-corrected chi connectivity index (χ3v) is 17.0. The molecule has 4 atom stereocenters. The summed E-state index contributed by atoms with van der Waals surface area (Å²) in [5, 5.41) is 7.28. The topological polar surface area (TPSA) is 204 Å². The van der Waals surface area contributed by atoms with E-state index in [1.54, 1.807) is 0 Å². The van der Waals surface area contributed by atoms with Crippen LogP contribution >= 0.6 is 0 Å². The van der Waals surface area contributed by atoms with E-state index in [1.165, 1.54) is 93.7 Å². The Balaban J connectivity index is 0.000000190. The number of methoxy groups -OCH3 is 2. The molecule has 4 fully saturated rings. The van der Waals surface area contributed by atoms with Gasteiger partial charge in [0, 0.05) is 38.3 Å². The van der Waals surface area contributed by atoms with Gasteiger partial charge in [-0.15, -0.1) is 0 Å². The van der Waals surface area contributed by atoms with Gasteiger partial charge in [-0.3, -0.25) is 19.4 Å². The number of benzene rings is 4. The normalized spacial score (nSPS) is 20.6. The number of halogens is 8. The van der Waals surface area contributed by atoms with Crippen LogP contribution in [0.25, 0.3) is 22.3 Å². The van der Waals surface area contributed by atoms with Crippen molar-refractivity contribution in [2.75, 3.05) is 63.4 Å². The largest absolute Gasteiger partial charge is 0.494 e. The van der Waals surface area contributed by atoms with Crippen LogP contribution in [-0.4, -0.2) is 125 Å². The van der Waals surface area contributed by atoms with Gasteiger partial charge in [0.2, 0.25) is 20.0 Å². The molecule has 10 rings (SSSR count). The predicted octanol–water partition coefficient (Wildman–Crippen LogP) is 7.69. The number of nitrogens with zero attached hydrogens (tertiary/aromatic N) is 6. The van der Waals surface area contributed by atoms with Gasteiger partial charge in [-0.25, -0.2) is 25.6 Å². The van der Waals surface area contributed by atoms with E-state index < -0.39 is 104 Å². The van der Waals surface area contributed by atoms with Crippen LogP contribution in [0.5, 0.6) is 11.5 Å². The van der Waals surface area contributed by atoms with E-state index in [0.717, 1.165) is 36.4 Å². The number of hydrogen-bond donors (Lipinski definition) is 0. The van der Waals surface area contributed by atoms with Gasteiger partial charge in [0.15, 0.2) is 11.6 Å². The second kappa shape index (κ2) is 22.0. The number of amides is 2. The van der Waals surface area contributed by atoms with Crippen LogP contribution in [0, 0.1) is 11.6 Å². The van der Waals surface area contributed by atoms with Gasteiger partial charge in [-0.2, -0.15) is 35.0 Å². The van der Waals surface area contributed by atoms with Gasteiger partial charge in [-0.1, -0.05) is 34.6 Å². The second-order valence-corrected chi connectivity index (χ2v) is 22.3. The maximum absolute atomic E-state index is 15.7. The number of fused-ring (bicyclic) bond motifs is 2. The number of sulfonamides is 2. The Morgan fingerprint density at radius 2 is 0.974 bits per heavy atom. The number of piperidine rings is 2. The first-order chi connectivity index (χ1) is 36.9. The summed E-state index contributed by atoms with van der Waals surface area (Å²) in [5.41, 5.74) is -1.17. The van der Waals surface area contributed by atoms with E-state index in [9.17, 15) is 52.8 Å². The lowest BCUT2D eigenvalue weighted by Crippen LogP contribution is -2.62. The fraction of sp³-hybridized carbons (Fsp3) is 0.360. The molecule has 4 saturated heterocycles. The number of alkyl halides is 6. The van der Waals surface area contributed by atoms with E-state index in [1.807, 2.05) is 0 Å². The van der Waals surface area contributed by atoms with Gasteiger partial charge in [0.05, 0.1) is 61.0 Å². The molecule has 0 spiro atoms. The number of carbonyl (C=O) groups excluding carboxylic acids is 2. The Morgan fingerprint density at radius 3 is 1.32 bits per heavy atom. The number of ether oxygens (including phenoxy) is 4. The first kappa shape index (κ1) is 55.8. The van der Waals surface area contributed by atoms with E-state index in [0.29, 0.717) is 0 Å². The minimum Gasteiger partial charge on any atom is -0.494 e. The van der Waals surface area contributed by atoms with Crippen LogP contribution in [0.1, 0.15) is 35.4 Å². The molecule has 416 valence electrons. The highest BCUT2D eigenvalue weighted by molar-refractivity contribution is 7.88. The zero-order valence-corrected chi connectivity index (χ0v) is 42.7. The van der Waals surface area contributed by atoms with Crippen LogP contribution in [0.3, 0.4) is 0 Å². The average molecular weight is 1140 g/mol. The van der Waals surface area contributed by atoms with E-state index in [-0.39, 0.29) is 107 Å². The Bertz CT molecular complexity index is 3180. The summed E-state index contributed by atoms with van der Waals surface area (Å²) in [4.78, 5) is 28.4. The lowest BCUT2D eigenvalue weighted by atomic mass is 9.97. The molecule has 0 saturated carbocycles. The minimum absolute atomic E-state index is 0.0424. The number of hydrogen-bond acceptors (Lipinski definition) is 14. The molecule has 0 radical (unpaired) electrons. The van der Waals surface area contributed by atoms with Crippen molar-refractivity contribution in [3.8, 4) is 33.8 Å². The second-order valence-electron chi connectivity index (χ2n) is 18.3. The molecule has 0 bridgehead atoms. The fourth-order valence-corrected chi connectivity index (χ4v) is 12.7. The summed E-state index contributed by atoms with van der Waals surface area (Å²) in [6, 6.07) is 15.2. The van der Waals surface area contributed by atoms with E-state index in [4.69, 9.17) is 28.0 Å². The van der Waals surface area contributed by atoms with Crippen molar-refractivity contribution in [2.24, 2.45) is 0 Å². The summed E-state index contributed by atoms with van der Waals surface area (Å²) in [5.74, 6) is -3.73. The molecule has 2 aromatic heterocycles. The number of carbonyl (C=O) groups is 2. The SMILES string of the molecule is COc1cc(-c2cccc(C(F)(F)F)c2)cc(F)c1N1C(=O)CO[C@@H]2CN(S(=O)(=O)Cc3ccon3)CC[C@H]21.COc1cc(-c2cccc(C(F)(F)F)c2)cc(F)c1N1C(=O)CO[C@H]2CN(S(=O)(=O)Cc3ccon3)CC[C@@H]21. The van der Waals surface area contributed by atoms with Gasteiger partial charge in [-0.05, 0) is 83.6 Å². The molecule has 4 aromatic carbocycles. The van der Waals surface area contributed by atoms with Crippen molar-refractivity contribution in [1.29, 1.82) is 0 Å². The third-order valence-electron chi connectivity index (χ3n) is 13.5. The molecular weight excluding hydrogens is 1090 g/mol. The molecular formula is C50H46F8N6O12S2. The highest BCUT2D eigenvalue weighted by Crippen LogP contribution is 2.44. The summed E-state index contributed by atoms with van der Waals surface area (Å²) >= 11 is 0. The molecule has 0 unspecified atom stereocenters. The smallest absolute Gasteiger partial charge is 0.416 e. The van der Waals surface area contributed by atoms with Crippen molar-refractivity contribution in [2.45, 2.75) is 61.0 Å². The third kappa shape index (κ3) is 11.7. The van der Waals surface area contributed by atoms with E-state index >= 15 is 8.78 Å². The molecule has 28 heteroatoms.